The second-order valence-electron chi connectivity index (χ2n) is 8.04. The number of thiazole rings is 1. The maximum absolute atomic E-state index is 13.0. The summed E-state index contributed by atoms with van der Waals surface area (Å²) >= 11 is 7.42. The number of rotatable bonds is 6. The lowest BCUT2D eigenvalue weighted by atomic mass is 9.97. The molecule has 4 rings (SSSR count). The molecular formula is C22H25ClN6O3S. The number of halogens is 1. The van der Waals surface area contributed by atoms with Crippen LogP contribution in [0.2, 0.25) is 5.02 Å². The largest absolute Gasteiger partial charge is 0.356 e. The minimum absolute atomic E-state index is 0.0449. The average molecular weight is 489 g/mol. The van der Waals surface area contributed by atoms with E-state index in [0.717, 1.165) is 24.9 Å². The molecule has 2 N–H and O–H groups in total. The van der Waals surface area contributed by atoms with Crippen molar-refractivity contribution in [3.05, 3.63) is 45.5 Å². The molecule has 0 spiro atoms. The summed E-state index contributed by atoms with van der Waals surface area (Å²) in [4.78, 5) is 48.6. The van der Waals surface area contributed by atoms with Crippen molar-refractivity contribution in [2.45, 2.75) is 33.2 Å². The number of carbonyl (C=O) groups excluding carboxylic acids is 2. The zero-order valence-corrected chi connectivity index (χ0v) is 20.0. The van der Waals surface area contributed by atoms with Crippen LogP contribution in [0.3, 0.4) is 0 Å². The van der Waals surface area contributed by atoms with Crippen molar-refractivity contribution in [3.63, 3.8) is 0 Å². The Labute approximate surface area is 199 Å². The van der Waals surface area contributed by atoms with Crippen molar-refractivity contribution in [2.24, 2.45) is 5.92 Å². The summed E-state index contributed by atoms with van der Waals surface area (Å²) in [6, 6.07) is 5.33. The summed E-state index contributed by atoms with van der Waals surface area (Å²) in [5.74, 6) is -0.439. The molecule has 1 fully saturated rings. The van der Waals surface area contributed by atoms with E-state index in [2.05, 4.69) is 20.6 Å². The van der Waals surface area contributed by atoms with E-state index >= 15 is 0 Å². The average Bonchev–Trinajstić information content (AvgIpc) is 3.23. The Hall–Kier alpha value is -2.98. The quantitative estimate of drug-likeness (QED) is 0.552. The molecule has 1 atom stereocenters. The highest BCUT2D eigenvalue weighted by Gasteiger charge is 2.27. The first-order valence-electron chi connectivity index (χ1n) is 10.8. The molecule has 9 nitrogen and oxygen atoms in total. The van der Waals surface area contributed by atoms with E-state index in [4.69, 9.17) is 11.6 Å². The molecule has 1 aromatic carbocycles. The minimum atomic E-state index is -0.380. The molecule has 0 bridgehead atoms. The van der Waals surface area contributed by atoms with Gasteiger partial charge in [-0.05, 0) is 44.4 Å². The third kappa shape index (κ3) is 5.17. The Morgan fingerprint density at radius 1 is 1.33 bits per heavy atom. The van der Waals surface area contributed by atoms with Gasteiger partial charge in [-0.3, -0.25) is 19.0 Å². The number of fused-ring (bicyclic) bond motifs is 1. The fourth-order valence-corrected chi connectivity index (χ4v) is 5.12. The van der Waals surface area contributed by atoms with Crippen LogP contribution in [-0.2, 0) is 16.1 Å². The van der Waals surface area contributed by atoms with Gasteiger partial charge in [0.05, 0.1) is 16.6 Å². The standard InChI is InChI=1S/C22H25ClN6O3S/c1-3-24-20(31)14-5-4-8-28(10-14)22-27-19-18(33-22)21(32)29(12-25-19)11-17(30)26-16-7-6-13(2)9-15(16)23/h6-7,9,12,14H,3-5,8,10-11H2,1-2H3,(H,24,31)(H,26,30)/t14-/m0/s1. The summed E-state index contributed by atoms with van der Waals surface area (Å²) in [6.45, 7) is 5.54. The lowest BCUT2D eigenvalue weighted by Gasteiger charge is -2.31. The fourth-order valence-electron chi connectivity index (χ4n) is 3.83. The van der Waals surface area contributed by atoms with Crippen LogP contribution in [0.4, 0.5) is 10.8 Å². The van der Waals surface area contributed by atoms with E-state index in [1.807, 2.05) is 24.8 Å². The maximum Gasteiger partial charge on any atom is 0.273 e. The van der Waals surface area contributed by atoms with E-state index in [-0.39, 0.29) is 29.8 Å². The number of carbonyl (C=O) groups is 2. The maximum atomic E-state index is 13.0. The first kappa shape index (κ1) is 23.2. The van der Waals surface area contributed by atoms with Crippen LogP contribution in [-0.4, -0.2) is 46.0 Å². The monoisotopic (exact) mass is 488 g/mol. The Morgan fingerprint density at radius 2 is 2.15 bits per heavy atom. The molecule has 3 aromatic rings. The molecule has 2 aromatic heterocycles. The zero-order valence-electron chi connectivity index (χ0n) is 18.4. The number of aromatic nitrogens is 3. The van der Waals surface area contributed by atoms with Gasteiger partial charge in [-0.15, -0.1) is 0 Å². The molecule has 0 aliphatic carbocycles. The molecule has 2 amide bonds. The van der Waals surface area contributed by atoms with Gasteiger partial charge < -0.3 is 15.5 Å². The highest BCUT2D eigenvalue weighted by Crippen LogP contribution is 2.29. The zero-order chi connectivity index (χ0) is 23.5. The van der Waals surface area contributed by atoms with Crippen molar-refractivity contribution in [3.8, 4) is 0 Å². The van der Waals surface area contributed by atoms with Crippen molar-refractivity contribution in [2.75, 3.05) is 29.9 Å². The topological polar surface area (TPSA) is 109 Å². The summed E-state index contributed by atoms with van der Waals surface area (Å²) in [6.07, 6.45) is 3.04. The lowest BCUT2D eigenvalue weighted by molar-refractivity contribution is -0.125. The van der Waals surface area contributed by atoms with E-state index in [9.17, 15) is 14.4 Å². The first-order valence-corrected chi connectivity index (χ1v) is 12.0. The second kappa shape index (κ2) is 9.88. The number of hydrogen-bond acceptors (Lipinski definition) is 7. The Morgan fingerprint density at radius 3 is 2.91 bits per heavy atom. The number of aryl methyl sites for hydroxylation is 1. The summed E-state index contributed by atoms with van der Waals surface area (Å²) in [7, 11) is 0. The van der Waals surface area contributed by atoms with Crippen molar-refractivity contribution in [1.29, 1.82) is 0 Å². The van der Waals surface area contributed by atoms with Gasteiger partial charge in [-0.1, -0.05) is 29.0 Å². The lowest BCUT2D eigenvalue weighted by Crippen LogP contribution is -2.43. The molecule has 11 heteroatoms. The third-order valence-electron chi connectivity index (χ3n) is 5.50. The number of hydrogen-bond donors (Lipinski definition) is 2. The molecule has 174 valence electrons. The summed E-state index contributed by atoms with van der Waals surface area (Å²) in [5, 5.41) is 6.70. The molecule has 0 saturated carbocycles. The van der Waals surface area contributed by atoms with Gasteiger partial charge in [0, 0.05) is 19.6 Å². The normalized spacial score (nSPS) is 16.1. The smallest absolute Gasteiger partial charge is 0.273 e. The van der Waals surface area contributed by atoms with Crippen LogP contribution in [0.25, 0.3) is 10.3 Å². The Balaban J connectivity index is 1.50. The van der Waals surface area contributed by atoms with Crippen LogP contribution in [0, 0.1) is 12.8 Å². The highest BCUT2D eigenvalue weighted by molar-refractivity contribution is 7.22. The highest BCUT2D eigenvalue weighted by atomic mass is 35.5. The van der Waals surface area contributed by atoms with E-state index < -0.39 is 0 Å². The second-order valence-corrected chi connectivity index (χ2v) is 9.42. The van der Waals surface area contributed by atoms with Gasteiger partial charge in [0.2, 0.25) is 11.8 Å². The van der Waals surface area contributed by atoms with Crippen molar-refractivity contribution < 1.29 is 9.59 Å². The van der Waals surface area contributed by atoms with Gasteiger partial charge in [0.1, 0.15) is 17.6 Å². The molecule has 1 aliphatic rings. The third-order valence-corrected chi connectivity index (χ3v) is 6.90. The van der Waals surface area contributed by atoms with Gasteiger partial charge in [-0.25, -0.2) is 4.98 Å². The van der Waals surface area contributed by atoms with Crippen LogP contribution in [0.15, 0.2) is 29.3 Å². The number of piperidine rings is 1. The van der Waals surface area contributed by atoms with E-state index in [1.54, 1.807) is 12.1 Å². The fraction of sp³-hybridized carbons (Fsp3) is 0.409. The van der Waals surface area contributed by atoms with Crippen LogP contribution in [0.5, 0.6) is 0 Å². The predicted molar refractivity (Wildman–Crippen MR) is 130 cm³/mol. The number of amides is 2. The van der Waals surface area contributed by atoms with Crippen LogP contribution >= 0.6 is 22.9 Å². The van der Waals surface area contributed by atoms with Crippen molar-refractivity contribution >= 4 is 55.9 Å². The molecule has 0 unspecified atom stereocenters. The summed E-state index contributed by atoms with van der Waals surface area (Å²) in [5.41, 5.74) is 1.49. The molecule has 3 heterocycles. The number of nitrogens with zero attached hydrogens (tertiary/aromatic N) is 4. The van der Waals surface area contributed by atoms with Gasteiger partial charge in [0.15, 0.2) is 10.8 Å². The minimum Gasteiger partial charge on any atom is -0.356 e. The van der Waals surface area contributed by atoms with E-state index in [0.29, 0.717) is 39.3 Å². The first-order chi connectivity index (χ1) is 15.9. The molecule has 0 radical (unpaired) electrons. The Bertz CT molecular complexity index is 1260. The van der Waals surface area contributed by atoms with Crippen molar-refractivity contribution in [1.82, 2.24) is 19.9 Å². The molecule has 1 saturated heterocycles. The summed E-state index contributed by atoms with van der Waals surface area (Å²) < 4.78 is 1.64. The SMILES string of the molecule is CCNC(=O)[C@H]1CCCN(c2nc3ncn(CC(=O)Nc4ccc(C)cc4Cl)c(=O)c3s2)C1. The molecule has 33 heavy (non-hydrogen) atoms. The number of anilines is 2. The van der Waals surface area contributed by atoms with Gasteiger partial charge >= 0.3 is 0 Å². The van der Waals surface area contributed by atoms with Gasteiger partial charge in [0.25, 0.3) is 5.56 Å². The van der Waals surface area contributed by atoms with E-state index in [1.165, 1.54) is 22.2 Å². The predicted octanol–water partition coefficient (Wildman–Crippen LogP) is 2.81. The van der Waals surface area contributed by atoms with Crippen LogP contribution in [0.1, 0.15) is 25.3 Å². The number of benzene rings is 1. The van der Waals surface area contributed by atoms with Gasteiger partial charge in [-0.2, -0.15) is 4.98 Å². The molecular weight excluding hydrogens is 464 g/mol. The Kier molecular flexibility index (Phi) is 6.94. The number of nitrogens with one attached hydrogen (secondary N) is 2. The molecule has 1 aliphatic heterocycles. The van der Waals surface area contributed by atoms with Crippen LogP contribution < -0.4 is 21.1 Å².